The van der Waals surface area contributed by atoms with Gasteiger partial charge in [-0.3, -0.25) is 4.79 Å². The molecule has 0 heterocycles. The molecule has 2 aromatic carbocycles. The maximum absolute atomic E-state index is 12.0. The molecule has 0 aliphatic rings. The van der Waals surface area contributed by atoms with Crippen molar-refractivity contribution in [3.8, 4) is 5.75 Å². The Morgan fingerprint density at radius 2 is 1.83 bits per heavy atom. The number of rotatable bonds is 3. The van der Waals surface area contributed by atoms with Crippen molar-refractivity contribution in [2.45, 2.75) is 6.92 Å². The molecule has 0 aromatic heterocycles. The van der Waals surface area contributed by atoms with Gasteiger partial charge in [0, 0.05) is 11.3 Å². The lowest BCUT2D eigenvalue weighted by atomic mass is 10.1. The molecule has 0 spiro atoms. The number of benzene rings is 2. The van der Waals surface area contributed by atoms with Gasteiger partial charge in [-0.15, -0.1) is 0 Å². The van der Waals surface area contributed by atoms with E-state index >= 15 is 0 Å². The zero-order valence-electron chi connectivity index (χ0n) is 10.4. The molecule has 0 saturated heterocycles. The Kier molecular flexibility index (Phi) is 3.63. The summed E-state index contributed by atoms with van der Waals surface area (Å²) in [6.45, 7) is 1.96. The van der Waals surface area contributed by atoms with Gasteiger partial charge in [0.15, 0.2) is 0 Å². The minimum absolute atomic E-state index is 0.108. The van der Waals surface area contributed by atoms with Gasteiger partial charge >= 0.3 is 0 Å². The van der Waals surface area contributed by atoms with Gasteiger partial charge in [-0.05, 0) is 43.3 Å². The molecule has 3 nitrogen and oxygen atoms in total. The van der Waals surface area contributed by atoms with Crippen LogP contribution in [0.4, 0.5) is 5.69 Å². The topological polar surface area (TPSA) is 38.3 Å². The van der Waals surface area contributed by atoms with E-state index in [0.29, 0.717) is 5.56 Å². The number of ether oxygens (including phenoxy) is 1. The second-order valence-electron chi connectivity index (χ2n) is 4.05. The maximum Gasteiger partial charge on any atom is 0.255 e. The van der Waals surface area contributed by atoms with Crippen LogP contribution in [-0.4, -0.2) is 13.0 Å². The standard InChI is InChI=1S/C15H15NO2/c1-11-4-3-5-12(10-11)15(17)16-13-6-8-14(18-2)9-7-13/h3-10H,1-2H3,(H,16,17). The average molecular weight is 241 g/mol. The molecule has 0 aliphatic heterocycles. The van der Waals surface area contributed by atoms with Crippen molar-refractivity contribution in [3.63, 3.8) is 0 Å². The monoisotopic (exact) mass is 241 g/mol. The number of carbonyl (C=O) groups is 1. The molecule has 0 radical (unpaired) electrons. The van der Waals surface area contributed by atoms with Gasteiger partial charge in [-0.25, -0.2) is 0 Å². The lowest BCUT2D eigenvalue weighted by Gasteiger charge is -2.06. The lowest BCUT2D eigenvalue weighted by Crippen LogP contribution is -2.11. The first-order chi connectivity index (χ1) is 8.69. The summed E-state index contributed by atoms with van der Waals surface area (Å²) < 4.78 is 5.06. The molecule has 0 aliphatic carbocycles. The lowest BCUT2D eigenvalue weighted by molar-refractivity contribution is 0.102. The van der Waals surface area contributed by atoms with Crippen molar-refractivity contribution in [2.75, 3.05) is 12.4 Å². The summed E-state index contributed by atoms with van der Waals surface area (Å²) >= 11 is 0. The third kappa shape index (κ3) is 2.88. The number of hydrogen-bond acceptors (Lipinski definition) is 2. The van der Waals surface area contributed by atoms with Crippen LogP contribution >= 0.6 is 0 Å². The van der Waals surface area contributed by atoms with E-state index in [0.717, 1.165) is 17.0 Å². The number of methoxy groups -OCH3 is 1. The average Bonchev–Trinajstić information content (AvgIpc) is 2.39. The summed E-state index contributed by atoms with van der Waals surface area (Å²) in [6, 6.07) is 14.7. The summed E-state index contributed by atoms with van der Waals surface area (Å²) in [6.07, 6.45) is 0. The van der Waals surface area contributed by atoms with Crippen molar-refractivity contribution in [2.24, 2.45) is 0 Å². The molecule has 1 amide bonds. The van der Waals surface area contributed by atoms with E-state index in [9.17, 15) is 4.79 Å². The first kappa shape index (κ1) is 12.2. The van der Waals surface area contributed by atoms with Crippen LogP contribution in [-0.2, 0) is 0 Å². The summed E-state index contributed by atoms with van der Waals surface area (Å²) in [5.41, 5.74) is 2.48. The van der Waals surface area contributed by atoms with Crippen LogP contribution in [0.5, 0.6) is 5.75 Å². The quantitative estimate of drug-likeness (QED) is 0.895. The van der Waals surface area contributed by atoms with Gasteiger partial charge in [0.25, 0.3) is 5.91 Å². The van der Waals surface area contributed by atoms with E-state index in [-0.39, 0.29) is 5.91 Å². The Bertz CT molecular complexity index is 547. The molecule has 0 fully saturated rings. The number of anilines is 1. The third-order valence-electron chi connectivity index (χ3n) is 2.63. The summed E-state index contributed by atoms with van der Waals surface area (Å²) in [5, 5.41) is 2.84. The Balaban J connectivity index is 2.11. The van der Waals surface area contributed by atoms with E-state index in [1.165, 1.54) is 0 Å². The second-order valence-corrected chi connectivity index (χ2v) is 4.05. The predicted octanol–water partition coefficient (Wildman–Crippen LogP) is 3.26. The minimum atomic E-state index is -0.108. The van der Waals surface area contributed by atoms with E-state index < -0.39 is 0 Å². The van der Waals surface area contributed by atoms with Gasteiger partial charge < -0.3 is 10.1 Å². The second kappa shape index (κ2) is 5.36. The van der Waals surface area contributed by atoms with Crippen LogP contribution in [0.3, 0.4) is 0 Å². The molecule has 2 rings (SSSR count). The Labute approximate surface area is 106 Å². The highest BCUT2D eigenvalue weighted by Gasteiger charge is 2.05. The first-order valence-corrected chi connectivity index (χ1v) is 5.71. The van der Waals surface area contributed by atoms with Crippen LogP contribution < -0.4 is 10.1 Å². The highest BCUT2D eigenvalue weighted by Crippen LogP contribution is 2.16. The van der Waals surface area contributed by atoms with Gasteiger partial charge in [0.05, 0.1) is 7.11 Å². The van der Waals surface area contributed by atoms with E-state index in [1.807, 2.05) is 49.4 Å². The van der Waals surface area contributed by atoms with Crippen molar-refractivity contribution < 1.29 is 9.53 Å². The Hall–Kier alpha value is -2.29. The molecule has 0 unspecified atom stereocenters. The fraction of sp³-hybridized carbons (Fsp3) is 0.133. The number of aryl methyl sites for hydroxylation is 1. The number of nitrogens with one attached hydrogen (secondary N) is 1. The molecule has 2 aromatic rings. The highest BCUT2D eigenvalue weighted by molar-refractivity contribution is 6.04. The maximum atomic E-state index is 12.0. The van der Waals surface area contributed by atoms with Crippen LogP contribution in [0.25, 0.3) is 0 Å². The van der Waals surface area contributed by atoms with Crippen molar-refractivity contribution in [3.05, 3.63) is 59.7 Å². The van der Waals surface area contributed by atoms with Crippen LogP contribution in [0.1, 0.15) is 15.9 Å². The van der Waals surface area contributed by atoms with Crippen LogP contribution in [0, 0.1) is 6.92 Å². The van der Waals surface area contributed by atoms with Crippen LogP contribution in [0.15, 0.2) is 48.5 Å². The number of hydrogen-bond donors (Lipinski definition) is 1. The van der Waals surface area contributed by atoms with Crippen molar-refractivity contribution in [1.29, 1.82) is 0 Å². The zero-order valence-corrected chi connectivity index (χ0v) is 10.4. The summed E-state index contributed by atoms with van der Waals surface area (Å²) in [4.78, 5) is 12.0. The third-order valence-corrected chi connectivity index (χ3v) is 2.63. The fourth-order valence-corrected chi connectivity index (χ4v) is 1.66. The Morgan fingerprint density at radius 1 is 1.11 bits per heavy atom. The van der Waals surface area contributed by atoms with Gasteiger partial charge in [0.2, 0.25) is 0 Å². The van der Waals surface area contributed by atoms with Gasteiger partial charge in [-0.2, -0.15) is 0 Å². The zero-order chi connectivity index (χ0) is 13.0. The smallest absolute Gasteiger partial charge is 0.255 e. The van der Waals surface area contributed by atoms with E-state index in [4.69, 9.17) is 4.74 Å². The Morgan fingerprint density at radius 3 is 2.44 bits per heavy atom. The predicted molar refractivity (Wildman–Crippen MR) is 72.1 cm³/mol. The molecule has 3 heteroatoms. The van der Waals surface area contributed by atoms with Crippen molar-refractivity contribution in [1.82, 2.24) is 0 Å². The van der Waals surface area contributed by atoms with Gasteiger partial charge in [-0.1, -0.05) is 17.7 Å². The van der Waals surface area contributed by atoms with Crippen molar-refractivity contribution >= 4 is 11.6 Å². The molecular formula is C15H15NO2. The number of carbonyl (C=O) groups excluding carboxylic acids is 1. The van der Waals surface area contributed by atoms with Crippen LogP contribution in [0.2, 0.25) is 0 Å². The molecule has 18 heavy (non-hydrogen) atoms. The molecular weight excluding hydrogens is 226 g/mol. The highest BCUT2D eigenvalue weighted by atomic mass is 16.5. The van der Waals surface area contributed by atoms with E-state index in [1.54, 1.807) is 13.2 Å². The first-order valence-electron chi connectivity index (χ1n) is 5.71. The molecule has 1 N–H and O–H groups in total. The summed E-state index contributed by atoms with van der Waals surface area (Å²) in [5.74, 6) is 0.660. The van der Waals surface area contributed by atoms with Gasteiger partial charge in [0.1, 0.15) is 5.75 Å². The number of amides is 1. The van der Waals surface area contributed by atoms with E-state index in [2.05, 4.69) is 5.32 Å². The minimum Gasteiger partial charge on any atom is -0.497 e. The summed E-state index contributed by atoms with van der Waals surface area (Å²) in [7, 11) is 1.61. The SMILES string of the molecule is COc1ccc(NC(=O)c2cccc(C)c2)cc1. The molecule has 0 saturated carbocycles. The molecule has 92 valence electrons. The normalized spacial score (nSPS) is 9.89. The largest absolute Gasteiger partial charge is 0.497 e. The molecule has 0 bridgehead atoms. The molecule has 0 atom stereocenters. The fourth-order valence-electron chi connectivity index (χ4n) is 1.66.